The highest BCUT2D eigenvalue weighted by atomic mass is 32.2. The third kappa shape index (κ3) is 4.42. The maximum Gasteiger partial charge on any atom is 0.233 e. The normalized spacial score (nSPS) is 11.9. The largest absolute Gasteiger partial charge is 0.351 e. The van der Waals surface area contributed by atoms with Crippen molar-refractivity contribution in [1.82, 2.24) is 25.5 Å². The second-order valence-corrected chi connectivity index (χ2v) is 6.62. The molecular formula is C17H16FN5OS. The summed E-state index contributed by atoms with van der Waals surface area (Å²) < 4.78 is 14.8. The van der Waals surface area contributed by atoms with Crippen LogP contribution in [0.2, 0.25) is 0 Å². The summed E-state index contributed by atoms with van der Waals surface area (Å²) in [6.07, 6.45) is 0. The van der Waals surface area contributed by atoms with E-state index in [9.17, 15) is 9.18 Å². The maximum atomic E-state index is 13.4. The van der Waals surface area contributed by atoms with Gasteiger partial charge in [-0.3, -0.25) is 4.79 Å². The molecule has 0 aliphatic carbocycles. The summed E-state index contributed by atoms with van der Waals surface area (Å²) in [5.74, 6) is -0.500. The minimum Gasteiger partial charge on any atom is -0.351 e. The van der Waals surface area contributed by atoms with Crippen LogP contribution >= 0.6 is 11.8 Å². The molecular weight excluding hydrogens is 341 g/mol. The quantitative estimate of drug-likeness (QED) is 0.687. The molecule has 0 fully saturated rings. The lowest BCUT2D eigenvalue weighted by molar-refractivity contribution is -0.120. The van der Waals surface area contributed by atoms with Crippen molar-refractivity contribution < 1.29 is 9.18 Å². The molecule has 1 atom stereocenters. The highest BCUT2D eigenvalue weighted by Crippen LogP contribution is 2.23. The monoisotopic (exact) mass is 357 g/mol. The van der Waals surface area contributed by atoms with Gasteiger partial charge in [-0.1, -0.05) is 48.2 Å². The summed E-state index contributed by atoms with van der Waals surface area (Å²) in [6.45, 7) is 2.23. The van der Waals surface area contributed by atoms with Crippen LogP contribution in [0.4, 0.5) is 4.39 Å². The molecule has 0 spiro atoms. The molecule has 3 rings (SSSR count). The lowest BCUT2D eigenvalue weighted by Crippen LogP contribution is -2.30. The first kappa shape index (κ1) is 17.1. The molecule has 0 aliphatic heterocycles. The topological polar surface area (TPSA) is 72.7 Å². The van der Waals surface area contributed by atoms with E-state index in [2.05, 4.69) is 20.8 Å². The minimum atomic E-state index is -0.401. The predicted octanol–water partition coefficient (Wildman–Crippen LogP) is 2.60. The number of tetrazole rings is 1. The first-order chi connectivity index (χ1) is 12.1. The molecule has 1 N–H and O–H groups in total. The van der Waals surface area contributed by atoms with Crippen LogP contribution in [0.25, 0.3) is 5.69 Å². The first-order valence-electron chi connectivity index (χ1n) is 7.66. The van der Waals surface area contributed by atoms with E-state index < -0.39 is 5.25 Å². The SMILES string of the molecule is C[C@@H](Sc1nnnn1-c1cccc(F)c1)C(=O)NCc1ccccc1. The minimum absolute atomic E-state index is 0.123. The number of carbonyl (C=O) groups is 1. The van der Waals surface area contributed by atoms with E-state index in [0.29, 0.717) is 17.4 Å². The molecule has 0 aliphatic rings. The summed E-state index contributed by atoms with van der Waals surface area (Å²) in [5.41, 5.74) is 1.53. The molecule has 1 amide bonds. The molecule has 0 bridgehead atoms. The Morgan fingerprint density at radius 2 is 2.04 bits per heavy atom. The molecule has 128 valence electrons. The van der Waals surface area contributed by atoms with Gasteiger partial charge < -0.3 is 5.32 Å². The summed E-state index contributed by atoms with van der Waals surface area (Å²) >= 11 is 1.21. The van der Waals surface area contributed by atoms with Crippen molar-refractivity contribution in [2.75, 3.05) is 0 Å². The average molecular weight is 357 g/mol. The van der Waals surface area contributed by atoms with Crippen LogP contribution < -0.4 is 5.32 Å². The number of hydrogen-bond acceptors (Lipinski definition) is 5. The smallest absolute Gasteiger partial charge is 0.233 e. The summed E-state index contributed by atoms with van der Waals surface area (Å²) in [6, 6.07) is 15.6. The first-order valence-corrected chi connectivity index (χ1v) is 8.54. The van der Waals surface area contributed by atoms with Gasteiger partial charge >= 0.3 is 0 Å². The van der Waals surface area contributed by atoms with E-state index >= 15 is 0 Å². The second-order valence-electron chi connectivity index (χ2n) is 5.32. The molecule has 0 saturated carbocycles. The maximum absolute atomic E-state index is 13.4. The van der Waals surface area contributed by atoms with Gasteiger partial charge in [0.25, 0.3) is 0 Å². The number of nitrogens with zero attached hydrogens (tertiary/aromatic N) is 4. The van der Waals surface area contributed by atoms with Crippen molar-refractivity contribution in [3.63, 3.8) is 0 Å². The zero-order chi connectivity index (χ0) is 17.6. The van der Waals surface area contributed by atoms with Crippen LogP contribution in [0, 0.1) is 5.82 Å². The van der Waals surface area contributed by atoms with E-state index in [4.69, 9.17) is 0 Å². The third-order valence-electron chi connectivity index (χ3n) is 3.45. The molecule has 1 aromatic heterocycles. The number of nitrogens with one attached hydrogen (secondary N) is 1. The Morgan fingerprint density at radius 1 is 1.24 bits per heavy atom. The molecule has 6 nitrogen and oxygen atoms in total. The van der Waals surface area contributed by atoms with Gasteiger partial charge in [-0.25, -0.2) is 4.39 Å². The number of rotatable bonds is 6. The number of benzene rings is 2. The molecule has 25 heavy (non-hydrogen) atoms. The molecule has 1 heterocycles. The standard InChI is InChI=1S/C17H16FN5OS/c1-12(16(24)19-11-13-6-3-2-4-7-13)25-17-20-21-22-23(17)15-9-5-8-14(18)10-15/h2-10,12H,11H2,1H3,(H,19,24)/t12-/m1/s1. The Hall–Kier alpha value is -2.74. The van der Waals surface area contributed by atoms with Crippen molar-refractivity contribution in [3.8, 4) is 5.69 Å². The fourth-order valence-corrected chi connectivity index (χ4v) is 2.99. The van der Waals surface area contributed by atoms with Crippen molar-refractivity contribution in [2.24, 2.45) is 0 Å². The van der Waals surface area contributed by atoms with Gasteiger partial charge in [0.15, 0.2) is 0 Å². The van der Waals surface area contributed by atoms with Gasteiger partial charge in [0.05, 0.1) is 10.9 Å². The number of aromatic nitrogens is 4. The van der Waals surface area contributed by atoms with E-state index in [-0.39, 0.29) is 11.7 Å². The molecule has 0 unspecified atom stereocenters. The fourth-order valence-electron chi connectivity index (χ4n) is 2.16. The highest BCUT2D eigenvalue weighted by Gasteiger charge is 2.19. The van der Waals surface area contributed by atoms with Gasteiger partial charge in [0.2, 0.25) is 11.1 Å². The summed E-state index contributed by atoms with van der Waals surface area (Å²) in [7, 11) is 0. The fraction of sp³-hybridized carbons (Fsp3) is 0.176. The third-order valence-corrected chi connectivity index (χ3v) is 4.49. The van der Waals surface area contributed by atoms with Gasteiger partial charge in [0, 0.05) is 6.54 Å². The second kappa shape index (κ2) is 7.89. The zero-order valence-corrected chi connectivity index (χ0v) is 14.3. The highest BCUT2D eigenvalue weighted by molar-refractivity contribution is 8.00. The number of amides is 1. The molecule has 0 saturated heterocycles. The lowest BCUT2D eigenvalue weighted by atomic mass is 10.2. The Balaban J connectivity index is 1.64. The summed E-state index contributed by atoms with van der Waals surface area (Å²) in [5, 5.41) is 14.3. The van der Waals surface area contributed by atoms with Gasteiger partial charge in [-0.2, -0.15) is 4.68 Å². The van der Waals surface area contributed by atoms with E-state index in [0.717, 1.165) is 5.56 Å². The van der Waals surface area contributed by atoms with Crippen molar-refractivity contribution in [2.45, 2.75) is 23.9 Å². The molecule has 0 radical (unpaired) electrons. The Bertz CT molecular complexity index is 855. The van der Waals surface area contributed by atoms with E-state index in [1.807, 2.05) is 30.3 Å². The molecule has 8 heteroatoms. The number of halogens is 1. The van der Waals surface area contributed by atoms with Crippen LogP contribution in [0.15, 0.2) is 59.8 Å². The van der Waals surface area contributed by atoms with Crippen LogP contribution in [-0.4, -0.2) is 31.4 Å². The van der Waals surface area contributed by atoms with Crippen LogP contribution in [0.5, 0.6) is 0 Å². The number of carbonyl (C=O) groups excluding carboxylic acids is 1. The van der Waals surface area contributed by atoms with Crippen molar-refractivity contribution in [3.05, 3.63) is 66.0 Å². The van der Waals surface area contributed by atoms with Crippen LogP contribution in [0.3, 0.4) is 0 Å². The molecule has 2 aromatic carbocycles. The predicted molar refractivity (Wildman–Crippen MR) is 92.7 cm³/mol. The average Bonchev–Trinajstić information content (AvgIpc) is 3.08. The van der Waals surface area contributed by atoms with Crippen LogP contribution in [0.1, 0.15) is 12.5 Å². The van der Waals surface area contributed by atoms with Gasteiger partial charge in [0.1, 0.15) is 5.82 Å². The van der Waals surface area contributed by atoms with Gasteiger partial charge in [-0.05, 0) is 41.1 Å². The lowest BCUT2D eigenvalue weighted by Gasteiger charge is -2.11. The Kier molecular flexibility index (Phi) is 5.39. The number of hydrogen-bond donors (Lipinski definition) is 1. The van der Waals surface area contributed by atoms with Gasteiger partial charge in [-0.15, -0.1) is 5.10 Å². The molecule has 3 aromatic rings. The van der Waals surface area contributed by atoms with E-state index in [1.165, 1.54) is 28.6 Å². The van der Waals surface area contributed by atoms with E-state index in [1.54, 1.807) is 19.1 Å². The Labute approximate surface area is 148 Å². The van der Waals surface area contributed by atoms with Crippen molar-refractivity contribution in [1.29, 1.82) is 0 Å². The Morgan fingerprint density at radius 3 is 2.80 bits per heavy atom. The zero-order valence-electron chi connectivity index (χ0n) is 13.5. The number of thioether (sulfide) groups is 1. The van der Waals surface area contributed by atoms with Crippen molar-refractivity contribution >= 4 is 17.7 Å². The summed E-state index contributed by atoms with van der Waals surface area (Å²) in [4.78, 5) is 12.3. The van der Waals surface area contributed by atoms with Crippen LogP contribution in [-0.2, 0) is 11.3 Å².